The second kappa shape index (κ2) is 3.91. The van der Waals surface area contributed by atoms with Crippen LogP contribution >= 0.6 is 9.47 Å². The molecule has 0 aromatic heterocycles. The van der Waals surface area contributed by atoms with E-state index in [1.54, 1.807) is 6.92 Å². The Hall–Kier alpha value is 0.230. The van der Waals surface area contributed by atoms with Gasteiger partial charge in [0.2, 0.25) is 0 Å². The van der Waals surface area contributed by atoms with Gasteiger partial charge < -0.3 is 23.8 Å². The molecule has 0 aliphatic carbocycles. The van der Waals surface area contributed by atoms with Crippen molar-refractivity contribution < 1.29 is 23.8 Å². The summed E-state index contributed by atoms with van der Waals surface area (Å²) in [4.78, 5) is 0. The molecule has 0 aromatic carbocycles. The van der Waals surface area contributed by atoms with Gasteiger partial charge in [-0.1, -0.05) is 0 Å². The van der Waals surface area contributed by atoms with Gasteiger partial charge in [-0.2, -0.15) is 0 Å². The van der Waals surface area contributed by atoms with Gasteiger partial charge in [0.25, 0.3) is 0 Å². The maximum atomic E-state index is 9.90. The molecule has 6 unspecified atom stereocenters. The van der Waals surface area contributed by atoms with Gasteiger partial charge in [0, 0.05) is 9.47 Å². The van der Waals surface area contributed by atoms with E-state index >= 15 is 0 Å². The van der Waals surface area contributed by atoms with Crippen molar-refractivity contribution in [1.82, 2.24) is 0 Å². The maximum absolute atomic E-state index is 9.90. The van der Waals surface area contributed by atoms with Crippen molar-refractivity contribution in [2.75, 3.05) is 0 Å². The lowest BCUT2D eigenvalue weighted by Gasteiger charge is -2.37. The van der Waals surface area contributed by atoms with Gasteiger partial charge >= 0.3 is 0 Å². The van der Waals surface area contributed by atoms with Crippen molar-refractivity contribution in [1.29, 1.82) is 0 Å². The summed E-state index contributed by atoms with van der Waals surface area (Å²) < 4.78 is 21.8. The molecule has 1 N–H and O–H groups in total. The van der Waals surface area contributed by atoms with Crippen LogP contribution in [0, 0.1) is 0 Å². The third-order valence-electron chi connectivity index (χ3n) is 2.73. The molecule has 0 bridgehead atoms. The standard InChI is InChI=1S/C9H17O5P/c1-4-5(10)6-7(8(11-4)14-15)13-9(2,3)12-6/h4-8,10H,15H2,1-3H3. The fourth-order valence-corrected chi connectivity index (χ4v) is 2.26. The van der Waals surface area contributed by atoms with E-state index in [1.165, 1.54) is 0 Å². The molecule has 2 heterocycles. The first kappa shape index (κ1) is 11.7. The molecule has 0 radical (unpaired) electrons. The van der Waals surface area contributed by atoms with Crippen LogP contribution in [0.3, 0.4) is 0 Å². The molecule has 2 rings (SSSR count). The largest absolute Gasteiger partial charge is 0.388 e. The predicted molar refractivity (Wildman–Crippen MR) is 55.0 cm³/mol. The molecule has 6 heteroatoms. The number of hydrogen-bond donors (Lipinski definition) is 1. The highest BCUT2D eigenvalue weighted by molar-refractivity contribution is 7.09. The van der Waals surface area contributed by atoms with Crippen molar-refractivity contribution in [3.05, 3.63) is 0 Å². The van der Waals surface area contributed by atoms with E-state index in [2.05, 4.69) is 9.47 Å². The minimum absolute atomic E-state index is 0.325. The lowest BCUT2D eigenvalue weighted by molar-refractivity contribution is -0.238. The first-order valence-electron chi connectivity index (χ1n) is 4.99. The second-order valence-electron chi connectivity index (χ2n) is 4.40. The Morgan fingerprint density at radius 3 is 2.47 bits per heavy atom. The fraction of sp³-hybridized carbons (Fsp3) is 1.00. The molecule has 15 heavy (non-hydrogen) atoms. The third-order valence-corrected chi connectivity index (χ3v) is 3.00. The van der Waals surface area contributed by atoms with Crippen LogP contribution in [-0.4, -0.2) is 41.6 Å². The molecule has 0 spiro atoms. The van der Waals surface area contributed by atoms with Crippen LogP contribution in [0.5, 0.6) is 0 Å². The van der Waals surface area contributed by atoms with Gasteiger partial charge in [0.1, 0.15) is 18.3 Å². The summed E-state index contributed by atoms with van der Waals surface area (Å²) >= 11 is 0. The van der Waals surface area contributed by atoms with Crippen molar-refractivity contribution in [2.24, 2.45) is 0 Å². The fourth-order valence-electron chi connectivity index (χ4n) is 2.04. The summed E-state index contributed by atoms with van der Waals surface area (Å²) in [7, 11) is 2.15. The smallest absolute Gasteiger partial charge is 0.189 e. The van der Waals surface area contributed by atoms with Gasteiger partial charge in [0.15, 0.2) is 12.1 Å². The summed E-state index contributed by atoms with van der Waals surface area (Å²) in [6.45, 7) is 5.40. The first-order chi connectivity index (χ1) is 6.94. The SMILES string of the molecule is CC1OC(OP)C2OC(C)(C)OC2C1O. The monoisotopic (exact) mass is 236 g/mol. The third kappa shape index (κ3) is 2.05. The van der Waals surface area contributed by atoms with Crippen LogP contribution in [0.25, 0.3) is 0 Å². The maximum Gasteiger partial charge on any atom is 0.189 e. The highest BCUT2D eigenvalue weighted by atomic mass is 31.0. The zero-order valence-corrected chi connectivity index (χ0v) is 10.2. The van der Waals surface area contributed by atoms with Crippen molar-refractivity contribution in [3.63, 3.8) is 0 Å². The molecular weight excluding hydrogens is 219 g/mol. The highest BCUT2D eigenvalue weighted by Gasteiger charge is 2.54. The van der Waals surface area contributed by atoms with Gasteiger partial charge in [-0.25, -0.2) is 0 Å². The lowest BCUT2D eigenvalue weighted by atomic mass is 10.0. The van der Waals surface area contributed by atoms with Crippen molar-refractivity contribution in [3.8, 4) is 0 Å². The molecule has 0 aromatic rings. The zero-order chi connectivity index (χ0) is 11.2. The molecular formula is C9H17O5P. The van der Waals surface area contributed by atoms with Crippen LogP contribution in [0.15, 0.2) is 0 Å². The normalized spacial score (nSPS) is 49.0. The van der Waals surface area contributed by atoms with Crippen LogP contribution in [-0.2, 0) is 18.7 Å². The molecule has 5 nitrogen and oxygen atoms in total. The second-order valence-corrected chi connectivity index (χ2v) is 4.67. The van der Waals surface area contributed by atoms with Crippen LogP contribution in [0.1, 0.15) is 20.8 Å². The molecule has 2 saturated heterocycles. The molecule has 6 atom stereocenters. The number of fused-ring (bicyclic) bond motifs is 1. The Morgan fingerprint density at radius 2 is 1.87 bits per heavy atom. The average molecular weight is 236 g/mol. The van der Waals surface area contributed by atoms with Crippen molar-refractivity contribution >= 4 is 9.47 Å². The molecule has 0 saturated carbocycles. The highest BCUT2D eigenvalue weighted by Crippen LogP contribution is 2.38. The number of ether oxygens (including phenoxy) is 3. The van der Waals surface area contributed by atoms with E-state index in [0.29, 0.717) is 0 Å². The number of aliphatic hydroxyl groups excluding tert-OH is 1. The Morgan fingerprint density at radius 1 is 1.27 bits per heavy atom. The summed E-state index contributed by atoms with van der Waals surface area (Å²) in [6.07, 6.45) is -2.30. The zero-order valence-electron chi connectivity index (χ0n) is 9.04. The van der Waals surface area contributed by atoms with Crippen molar-refractivity contribution in [2.45, 2.75) is 57.3 Å². The Balaban J connectivity index is 2.18. The average Bonchev–Trinajstić information content (AvgIpc) is 2.48. The van der Waals surface area contributed by atoms with Gasteiger partial charge in [-0.05, 0) is 20.8 Å². The van der Waals surface area contributed by atoms with Crippen LogP contribution < -0.4 is 0 Å². The van der Waals surface area contributed by atoms with Gasteiger partial charge in [-0.15, -0.1) is 0 Å². The topological polar surface area (TPSA) is 57.2 Å². The molecule has 2 aliphatic rings. The molecule has 0 amide bonds. The Bertz CT molecular complexity index is 239. The van der Waals surface area contributed by atoms with E-state index in [1.807, 2.05) is 13.8 Å². The summed E-state index contributed by atoms with van der Waals surface area (Å²) in [5.41, 5.74) is 0. The molecule has 88 valence electrons. The molecule has 2 aliphatic heterocycles. The van der Waals surface area contributed by atoms with E-state index in [9.17, 15) is 5.11 Å². The van der Waals surface area contributed by atoms with Gasteiger partial charge in [0.05, 0.1) is 6.10 Å². The van der Waals surface area contributed by atoms with Crippen LogP contribution in [0.2, 0.25) is 0 Å². The van der Waals surface area contributed by atoms with E-state index in [0.717, 1.165) is 0 Å². The lowest BCUT2D eigenvalue weighted by Crippen LogP contribution is -2.55. The van der Waals surface area contributed by atoms with Crippen LogP contribution in [0.4, 0.5) is 0 Å². The minimum atomic E-state index is -0.703. The predicted octanol–water partition coefficient (Wildman–Crippen LogP) is 0.419. The first-order valence-corrected chi connectivity index (χ1v) is 5.46. The van der Waals surface area contributed by atoms with E-state index in [-0.39, 0.29) is 12.2 Å². The quantitative estimate of drug-likeness (QED) is 0.669. The summed E-state index contributed by atoms with van der Waals surface area (Å²) in [5, 5.41) is 9.90. The summed E-state index contributed by atoms with van der Waals surface area (Å²) in [6, 6.07) is 0. The number of rotatable bonds is 1. The van der Waals surface area contributed by atoms with Gasteiger partial charge in [-0.3, -0.25) is 0 Å². The minimum Gasteiger partial charge on any atom is -0.388 e. The summed E-state index contributed by atoms with van der Waals surface area (Å²) in [5.74, 6) is -0.703. The number of hydrogen-bond acceptors (Lipinski definition) is 5. The number of aliphatic hydroxyl groups is 1. The Kier molecular flexibility index (Phi) is 3.05. The van der Waals surface area contributed by atoms with E-state index in [4.69, 9.17) is 18.7 Å². The molecule has 2 fully saturated rings. The van der Waals surface area contributed by atoms with E-state index < -0.39 is 24.3 Å². The Labute approximate surface area is 91.3 Å².